The van der Waals surface area contributed by atoms with E-state index in [0.29, 0.717) is 0 Å². The number of carbonyl (C=O) groups excluding carboxylic acids is 5. The maximum absolute atomic E-state index is 13.6. The standard InChI is InChI=1S/C22H25N3O9S/c1-25(2)16-10-7-8-6-9-11(24-35(3,33)34)4-5-12(26)14(9)17(27)13(8)19(29)22(10,32)20(30)15(18(16)28)21(23)31/h4-5,8,10,13,15-16,24,26,32H,6-7H2,1-3H3,(H2,23,31)/t8-,10-,13?,15?,16-,22-/m0/s1. The average Bonchev–Trinajstić information content (AvgIpc) is 2.71. The van der Waals surface area contributed by atoms with Gasteiger partial charge in [0.1, 0.15) is 5.75 Å². The normalized spacial score (nSPS) is 32.7. The Hall–Kier alpha value is -3.16. The largest absolute Gasteiger partial charge is 0.507 e. The molecule has 0 bridgehead atoms. The number of hydrogen-bond donors (Lipinski definition) is 4. The topological polar surface area (TPSA) is 201 Å². The van der Waals surface area contributed by atoms with Crippen molar-refractivity contribution in [1.29, 1.82) is 0 Å². The minimum absolute atomic E-state index is 0.0436. The summed E-state index contributed by atoms with van der Waals surface area (Å²) in [6, 6.07) is 1.18. The molecule has 35 heavy (non-hydrogen) atoms. The zero-order valence-corrected chi connectivity index (χ0v) is 20.0. The van der Waals surface area contributed by atoms with Crippen molar-refractivity contribution in [2.75, 3.05) is 25.1 Å². The number of likely N-dealkylation sites (N-methyl/N-ethyl adjacent to an activating group) is 1. The van der Waals surface area contributed by atoms with Crippen LogP contribution in [-0.2, 0) is 35.6 Å². The zero-order chi connectivity index (χ0) is 26.2. The van der Waals surface area contributed by atoms with Gasteiger partial charge >= 0.3 is 0 Å². The number of hydrogen-bond acceptors (Lipinski definition) is 10. The number of nitrogens with two attached hydrogens (primary N) is 1. The summed E-state index contributed by atoms with van der Waals surface area (Å²) < 4.78 is 26.0. The van der Waals surface area contributed by atoms with Crippen molar-refractivity contribution in [1.82, 2.24) is 4.90 Å². The third kappa shape index (κ3) is 3.56. The molecule has 12 nitrogen and oxygen atoms in total. The Morgan fingerprint density at radius 3 is 2.34 bits per heavy atom. The highest BCUT2D eigenvalue weighted by atomic mass is 32.2. The van der Waals surface area contributed by atoms with Crippen molar-refractivity contribution >= 4 is 44.8 Å². The molecule has 6 atom stereocenters. The first-order chi connectivity index (χ1) is 16.1. The fourth-order valence-corrected chi connectivity index (χ4v) is 6.49. The maximum Gasteiger partial charge on any atom is 0.235 e. The Morgan fingerprint density at radius 2 is 1.80 bits per heavy atom. The lowest BCUT2D eigenvalue weighted by atomic mass is 9.52. The highest BCUT2D eigenvalue weighted by Gasteiger charge is 2.69. The Labute approximate surface area is 200 Å². The lowest BCUT2D eigenvalue weighted by Gasteiger charge is -2.52. The molecule has 1 aromatic rings. The smallest absolute Gasteiger partial charge is 0.235 e. The van der Waals surface area contributed by atoms with Crippen LogP contribution in [0.15, 0.2) is 12.1 Å². The second kappa shape index (κ2) is 7.93. The van der Waals surface area contributed by atoms with Crippen LogP contribution in [0.1, 0.15) is 22.3 Å². The van der Waals surface area contributed by atoms with Crippen molar-refractivity contribution in [3.05, 3.63) is 23.3 Å². The van der Waals surface area contributed by atoms with Crippen molar-refractivity contribution in [3.63, 3.8) is 0 Å². The first-order valence-corrected chi connectivity index (χ1v) is 12.7. The van der Waals surface area contributed by atoms with Gasteiger partial charge in [-0.25, -0.2) is 8.42 Å². The van der Waals surface area contributed by atoms with E-state index in [2.05, 4.69) is 4.72 Å². The first-order valence-electron chi connectivity index (χ1n) is 10.8. The van der Waals surface area contributed by atoms with Crippen LogP contribution >= 0.6 is 0 Å². The molecule has 0 heterocycles. The fraction of sp³-hybridized carbons (Fsp3) is 0.500. The van der Waals surface area contributed by atoms with Gasteiger partial charge in [-0.2, -0.15) is 0 Å². The molecule has 2 saturated carbocycles. The van der Waals surface area contributed by atoms with Gasteiger partial charge in [-0.05, 0) is 50.6 Å². The third-order valence-electron chi connectivity index (χ3n) is 7.24. The molecule has 5 N–H and O–H groups in total. The SMILES string of the molecule is CN(C)[C@@H]1C(=O)C(C(N)=O)C(=O)[C@@]2(O)C(=O)C3C(=O)c4c(O)ccc(NS(C)(=O)=O)c4C[C@H]3C[C@@H]12. The monoisotopic (exact) mass is 507 g/mol. The number of carbonyl (C=O) groups is 5. The minimum atomic E-state index is -3.75. The van der Waals surface area contributed by atoms with Crippen LogP contribution in [-0.4, -0.2) is 84.6 Å². The first kappa shape index (κ1) is 24.9. The summed E-state index contributed by atoms with van der Waals surface area (Å²) in [5.41, 5.74) is 2.39. The molecule has 2 fully saturated rings. The third-order valence-corrected chi connectivity index (χ3v) is 7.83. The zero-order valence-electron chi connectivity index (χ0n) is 19.1. The van der Waals surface area contributed by atoms with Gasteiger partial charge in [-0.1, -0.05) is 0 Å². The molecule has 188 valence electrons. The van der Waals surface area contributed by atoms with Gasteiger partial charge in [0.15, 0.2) is 34.7 Å². The van der Waals surface area contributed by atoms with E-state index in [0.717, 1.165) is 12.3 Å². The molecule has 13 heteroatoms. The maximum atomic E-state index is 13.6. The second-order valence-corrected chi connectivity index (χ2v) is 11.4. The van der Waals surface area contributed by atoms with Gasteiger partial charge in [-0.3, -0.25) is 33.6 Å². The number of amides is 1. The molecule has 2 unspecified atom stereocenters. The molecule has 1 aromatic carbocycles. The van der Waals surface area contributed by atoms with E-state index in [4.69, 9.17) is 5.73 Å². The number of ketones is 4. The molecule has 4 rings (SSSR count). The summed E-state index contributed by atoms with van der Waals surface area (Å²) >= 11 is 0. The van der Waals surface area contributed by atoms with Gasteiger partial charge in [-0.15, -0.1) is 0 Å². The van der Waals surface area contributed by atoms with Crippen LogP contribution in [0.3, 0.4) is 0 Å². The van der Waals surface area contributed by atoms with Gasteiger partial charge in [0.2, 0.25) is 15.9 Å². The van der Waals surface area contributed by atoms with E-state index in [-0.39, 0.29) is 29.7 Å². The van der Waals surface area contributed by atoms with Crippen LogP contribution in [0.25, 0.3) is 0 Å². The summed E-state index contributed by atoms with van der Waals surface area (Å²) in [5, 5.41) is 21.9. The van der Waals surface area contributed by atoms with Crippen LogP contribution < -0.4 is 10.5 Å². The summed E-state index contributed by atoms with van der Waals surface area (Å²) in [5.74, 6) is -11.7. The Bertz CT molecular complexity index is 1310. The number of nitrogens with one attached hydrogen (secondary N) is 1. The lowest BCUT2D eigenvalue weighted by molar-refractivity contribution is -0.181. The number of phenols is 1. The van der Waals surface area contributed by atoms with Crippen LogP contribution in [0.5, 0.6) is 5.75 Å². The van der Waals surface area contributed by atoms with E-state index in [1.807, 2.05) is 0 Å². The number of aliphatic hydroxyl groups is 1. The van der Waals surface area contributed by atoms with E-state index >= 15 is 0 Å². The number of aromatic hydroxyl groups is 1. The summed E-state index contributed by atoms with van der Waals surface area (Å²) in [4.78, 5) is 66.7. The van der Waals surface area contributed by atoms with E-state index in [1.165, 1.54) is 25.1 Å². The number of phenolic OH excluding ortho intramolecular Hbond substituents is 1. The van der Waals surface area contributed by atoms with Gasteiger partial charge < -0.3 is 15.9 Å². The number of anilines is 1. The number of fused-ring (bicyclic) bond motifs is 3. The fourth-order valence-electron chi connectivity index (χ4n) is 5.90. The van der Waals surface area contributed by atoms with Crippen LogP contribution in [0, 0.1) is 23.7 Å². The van der Waals surface area contributed by atoms with Crippen LogP contribution in [0.2, 0.25) is 0 Å². The highest BCUT2D eigenvalue weighted by molar-refractivity contribution is 7.92. The van der Waals surface area contributed by atoms with E-state index < -0.39 is 80.1 Å². The Balaban J connectivity index is 1.88. The van der Waals surface area contributed by atoms with Crippen molar-refractivity contribution in [2.45, 2.75) is 24.5 Å². The van der Waals surface area contributed by atoms with Gasteiger partial charge in [0, 0.05) is 5.92 Å². The highest BCUT2D eigenvalue weighted by Crippen LogP contribution is 2.51. The van der Waals surface area contributed by atoms with Gasteiger partial charge in [0.25, 0.3) is 0 Å². The van der Waals surface area contributed by atoms with E-state index in [9.17, 15) is 42.6 Å². The molecule has 3 aliphatic rings. The predicted molar refractivity (Wildman–Crippen MR) is 120 cm³/mol. The van der Waals surface area contributed by atoms with Crippen LogP contribution in [0.4, 0.5) is 5.69 Å². The molecule has 0 aromatic heterocycles. The summed E-state index contributed by atoms with van der Waals surface area (Å²) in [7, 11) is -0.774. The Morgan fingerprint density at radius 1 is 1.17 bits per heavy atom. The number of sulfonamides is 1. The summed E-state index contributed by atoms with van der Waals surface area (Å²) in [6.45, 7) is 0. The second-order valence-electron chi connectivity index (χ2n) is 9.65. The molecule has 0 radical (unpaired) electrons. The number of rotatable bonds is 4. The predicted octanol–water partition coefficient (Wildman–Crippen LogP) is -1.76. The number of primary amides is 1. The lowest BCUT2D eigenvalue weighted by Crippen LogP contribution is -2.74. The average molecular weight is 508 g/mol. The Kier molecular flexibility index (Phi) is 5.65. The molecular formula is C22H25N3O9S. The molecule has 0 saturated heterocycles. The number of benzene rings is 1. The molecule has 3 aliphatic carbocycles. The minimum Gasteiger partial charge on any atom is -0.507 e. The molecule has 0 spiro atoms. The molecule has 0 aliphatic heterocycles. The molecular weight excluding hydrogens is 482 g/mol. The van der Waals surface area contributed by atoms with Crippen molar-refractivity contribution in [2.24, 2.45) is 29.4 Å². The van der Waals surface area contributed by atoms with Crippen molar-refractivity contribution in [3.8, 4) is 5.75 Å². The quantitative estimate of drug-likeness (QED) is 0.267. The van der Waals surface area contributed by atoms with Crippen molar-refractivity contribution < 1.29 is 42.6 Å². The molecule has 1 amide bonds. The van der Waals surface area contributed by atoms with E-state index in [1.54, 1.807) is 0 Å². The van der Waals surface area contributed by atoms with Gasteiger partial charge in [0.05, 0.1) is 29.5 Å². The number of Topliss-reactive ketones (excluding diaryl/α,β-unsaturated/α-hetero) is 4. The number of nitrogens with zero attached hydrogens (tertiary/aromatic N) is 1. The summed E-state index contributed by atoms with van der Waals surface area (Å²) in [6.07, 6.45) is 0.746.